The minimum Gasteiger partial charge on any atom is -0.454 e. The number of ether oxygens (including phenoxy) is 2. The van der Waals surface area contributed by atoms with Gasteiger partial charge in [-0.05, 0) is 49.1 Å². The number of amides is 2. The van der Waals surface area contributed by atoms with E-state index in [0.29, 0.717) is 29.9 Å². The summed E-state index contributed by atoms with van der Waals surface area (Å²) in [7, 11) is -4.00. The Labute approximate surface area is 214 Å². The quantitative estimate of drug-likeness (QED) is 0.566. The molecule has 5 rings (SSSR count). The molecular formula is C25H28N4O7S. The van der Waals surface area contributed by atoms with Crippen LogP contribution < -0.4 is 14.8 Å². The van der Waals surface area contributed by atoms with E-state index in [9.17, 15) is 22.8 Å². The van der Waals surface area contributed by atoms with Crippen molar-refractivity contribution in [2.75, 3.05) is 19.9 Å². The van der Waals surface area contributed by atoms with E-state index in [4.69, 9.17) is 9.47 Å². The van der Waals surface area contributed by atoms with Crippen molar-refractivity contribution >= 4 is 27.6 Å². The molecule has 37 heavy (non-hydrogen) atoms. The van der Waals surface area contributed by atoms with Gasteiger partial charge in [-0.15, -0.1) is 0 Å². The Morgan fingerprint density at radius 1 is 1.16 bits per heavy atom. The van der Waals surface area contributed by atoms with Gasteiger partial charge in [0.2, 0.25) is 12.7 Å². The van der Waals surface area contributed by atoms with Gasteiger partial charge in [0.15, 0.2) is 22.3 Å². The molecule has 2 aromatic rings. The summed E-state index contributed by atoms with van der Waals surface area (Å²) in [5.74, 6) is -0.136. The second-order valence-corrected chi connectivity index (χ2v) is 11.6. The number of ketones is 1. The highest BCUT2D eigenvalue weighted by Crippen LogP contribution is 2.35. The Kier molecular flexibility index (Phi) is 6.63. The molecular weight excluding hydrogens is 500 g/mol. The molecule has 3 atom stereocenters. The van der Waals surface area contributed by atoms with Crippen LogP contribution in [0.1, 0.15) is 37.0 Å². The summed E-state index contributed by atoms with van der Waals surface area (Å²) >= 11 is 0. The van der Waals surface area contributed by atoms with E-state index in [0.717, 1.165) is 4.31 Å². The maximum Gasteiger partial charge on any atom is 0.261 e. The van der Waals surface area contributed by atoms with Crippen LogP contribution >= 0.6 is 0 Å². The molecule has 1 N–H and O–H groups in total. The van der Waals surface area contributed by atoms with E-state index >= 15 is 0 Å². The first-order valence-corrected chi connectivity index (χ1v) is 13.6. The number of Topliss-reactive ketones (excluding diaryl/α,β-unsaturated/α-hetero) is 1. The van der Waals surface area contributed by atoms with Gasteiger partial charge < -0.3 is 19.7 Å². The fourth-order valence-corrected chi connectivity index (χ4v) is 6.69. The van der Waals surface area contributed by atoms with Gasteiger partial charge in [-0.1, -0.05) is 19.9 Å². The van der Waals surface area contributed by atoms with Gasteiger partial charge in [-0.2, -0.15) is 4.31 Å². The second-order valence-electron chi connectivity index (χ2n) is 9.74. The SMILES string of the molecule is CC(C)CC(NC(=O)c1ccc2c(c1)OCO2)C(=O)N1CCC2C1C(=O)CN2S(=O)(=O)c1ccccn1. The normalized spacial score (nSPS) is 21.8. The molecule has 11 nitrogen and oxygen atoms in total. The molecule has 3 aliphatic heterocycles. The minimum atomic E-state index is -4.00. The molecule has 0 spiro atoms. The Bertz CT molecular complexity index is 1330. The van der Waals surface area contributed by atoms with E-state index in [1.807, 2.05) is 13.8 Å². The van der Waals surface area contributed by atoms with Crippen LogP contribution in [0.5, 0.6) is 11.5 Å². The van der Waals surface area contributed by atoms with Crippen LogP contribution in [0.3, 0.4) is 0 Å². The lowest BCUT2D eigenvalue weighted by Gasteiger charge is -2.29. The Morgan fingerprint density at radius 2 is 1.95 bits per heavy atom. The monoisotopic (exact) mass is 528 g/mol. The largest absolute Gasteiger partial charge is 0.454 e. The van der Waals surface area contributed by atoms with Gasteiger partial charge in [0.05, 0.1) is 12.6 Å². The molecule has 0 bridgehead atoms. The van der Waals surface area contributed by atoms with Gasteiger partial charge in [0, 0.05) is 18.3 Å². The summed E-state index contributed by atoms with van der Waals surface area (Å²) in [4.78, 5) is 45.1. The highest BCUT2D eigenvalue weighted by Gasteiger charge is 2.54. The van der Waals surface area contributed by atoms with Crippen molar-refractivity contribution in [2.45, 2.75) is 49.8 Å². The summed E-state index contributed by atoms with van der Waals surface area (Å²) in [6.45, 7) is 3.83. The van der Waals surface area contributed by atoms with Crippen molar-refractivity contribution in [1.82, 2.24) is 19.5 Å². The van der Waals surface area contributed by atoms with Crippen LogP contribution in [0.25, 0.3) is 0 Å². The molecule has 1 aromatic carbocycles. The lowest BCUT2D eigenvalue weighted by atomic mass is 10.0. The topological polar surface area (TPSA) is 135 Å². The lowest BCUT2D eigenvalue weighted by Crippen LogP contribution is -2.53. The van der Waals surface area contributed by atoms with Crippen LogP contribution in [-0.2, 0) is 19.6 Å². The molecule has 2 fully saturated rings. The third-order valence-electron chi connectivity index (χ3n) is 6.82. The molecule has 196 valence electrons. The predicted molar refractivity (Wildman–Crippen MR) is 130 cm³/mol. The number of carbonyl (C=O) groups is 3. The number of fused-ring (bicyclic) bond motifs is 2. The smallest absolute Gasteiger partial charge is 0.261 e. The fraction of sp³-hybridized carbons (Fsp3) is 0.440. The first kappa shape index (κ1) is 25.2. The summed E-state index contributed by atoms with van der Waals surface area (Å²) in [6, 6.07) is 6.89. The molecule has 2 amide bonds. The molecule has 1 aromatic heterocycles. The lowest BCUT2D eigenvalue weighted by molar-refractivity contribution is -0.138. The average molecular weight is 529 g/mol. The Balaban J connectivity index is 1.35. The van der Waals surface area contributed by atoms with Crippen molar-refractivity contribution in [3.05, 3.63) is 48.2 Å². The van der Waals surface area contributed by atoms with E-state index < -0.39 is 40.0 Å². The molecule has 0 radical (unpaired) electrons. The number of aromatic nitrogens is 1. The summed E-state index contributed by atoms with van der Waals surface area (Å²) in [6.07, 6.45) is 2.05. The van der Waals surface area contributed by atoms with E-state index in [1.165, 1.54) is 17.2 Å². The summed E-state index contributed by atoms with van der Waals surface area (Å²) in [5.41, 5.74) is 0.315. The van der Waals surface area contributed by atoms with Crippen LogP contribution in [0, 0.1) is 5.92 Å². The Morgan fingerprint density at radius 3 is 2.68 bits per heavy atom. The zero-order valence-electron chi connectivity index (χ0n) is 20.5. The number of hydrogen-bond acceptors (Lipinski definition) is 8. The number of hydrogen-bond donors (Lipinski definition) is 1. The first-order valence-electron chi connectivity index (χ1n) is 12.1. The maximum absolute atomic E-state index is 13.7. The molecule has 0 aliphatic carbocycles. The van der Waals surface area contributed by atoms with Gasteiger partial charge in [-0.25, -0.2) is 13.4 Å². The number of rotatable bonds is 7. The first-order chi connectivity index (χ1) is 17.7. The second kappa shape index (κ2) is 9.75. The number of sulfonamides is 1. The molecule has 2 saturated heterocycles. The van der Waals surface area contributed by atoms with Crippen molar-refractivity contribution in [3.8, 4) is 11.5 Å². The summed E-state index contributed by atoms with van der Waals surface area (Å²) in [5, 5.41) is 2.68. The van der Waals surface area contributed by atoms with Gasteiger partial charge in [0.25, 0.3) is 15.9 Å². The molecule has 12 heteroatoms. The molecule has 4 heterocycles. The van der Waals surface area contributed by atoms with Crippen molar-refractivity contribution < 1.29 is 32.3 Å². The standard InChI is InChI=1S/C25H28N4O7S/c1-15(2)11-17(27-24(31)16-6-7-20-21(12-16)36-14-35-20)25(32)28-10-8-18-23(28)19(30)13-29(18)37(33,34)22-5-3-4-9-26-22/h3-7,9,12,15,17-18,23H,8,10-11,13-14H2,1-2H3,(H,27,31). The van der Waals surface area contributed by atoms with Crippen molar-refractivity contribution in [3.63, 3.8) is 0 Å². The number of benzene rings is 1. The third-order valence-corrected chi connectivity index (χ3v) is 8.60. The van der Waals surface area contributed by atoms with E-state index in [1.54, 1.807) is 30.3 Å². The van der Waals surface area contributed by atoms with Crippen LogP contribution in [0.15, 0.2) is 47.6 Å². The Hall–Kier alpha value is -3.51. The van der Waals surface area contributed by atoms with E-state index in [-0.39, 0.29) is 36.6 Å². The number of likely N-dealkylation sites (tertiary alicyclic amines) is 1. The minimum absolute atomic E-state index is 0.0738. The van der Waals surface area contributed by atoms with Crippen molar-refractivity contribution in [1.29, 1.82) is 0 Å². The third kappa shape index (κ3) is 4.66. The molecule has 3 unspecified atom stereocenters. The van der Waals surface area contributed by atoms with Crippen LogP contribution in [0.2, 0.25) is 0 Å². The van der Waals surface area contributed by atoms with Crippen molar-refractivity contribution in [2.24, 2.45) is 5.92 Å². The van der Waals surface area contributed by atoms with E-state index in [2.05, 4.69) is 10.3 Å². The molecule has 0 saturated carbocycles. The zero-order valence-corrected chi connectivity index (χ0v) is 21.3. The fourth-order valence-electron chi connectivity index (χ4n) is 5.13. The number of pyridine rings is 1. The van der Waals surface area contributed by atoms with Gasteiger partial charge in [0.1, 0.15) is 12.1 Å². The van der Waals surface area contributed by atoms with Crippen LogP contribution in [-0.4, -0.2) is 78.2 Å². The summed E-state index contributed by atoms with van der Waals surface area (Å²) < 4.78 is 38.2. The average Bonchev–Trinajstić information content (AvgIpc) is 3.60. The van der Waals surface area contributed by atoms with Gasteiger partial charge in [-0.3, -0.25) is 14.4 Å². The highest BCUT2D eigenvalue weighted by molar-refractivity contribution is 7.89. The number of carbonyl (C=O) groups excluding carboxylic acids is 3. The number of nitrogens with one attached hydrogen (secondary N) is 1. The molecule has 3 aliphatic rings. The highest BCUT2D eigenvalue weighted by atomic mass is 32.2. The number of nitrogens with zero attached hydrogens (tertiary/aromatic N) is 3. The van der Waals surface area contributed by atoms with Crippen LogP contribution in [0.4, 0.5) is 0 Å². The zero-order chi connectivity index (χ0) is 26.3. The predicted octanol–water partition coefficient (Wildman–Crippen LogP) is 1.20. The van der Waals surface area contributed by atoms with Gasteiger partial charge >= 0.3 is 0 Å². The maximum atomic E-state index is 13.7.